The third-order valence-electron chi connectivity index (χ3n) is 3.86. The van der Waals surface area contributed by atoms with Crippen LogP contribution in [0.4, 0.5) is 0 Å². The standard InChI is InChI=1S/C16H22ClN3O/c1-4-19(5-2)11-12(3)20-15(10-17)18-14-9-7-6-8-13(14)16(20)21/h6-9,12H,4-5,10-11H2,1-3H3. The lowest BCUT2D eigenvalue weighted by atomic mass is 10.2. The molecular weight excluding hydrogens is 286 g/mol. The second kappa shape index (κ2) is 7.05. The van der Waals surface area contributed by atoms with Gasteiger partial charge in [-0.1, -0.05) is 26.0 Å². The molecule has 0 N–H and O–H groups in total. The molecule has 0 radical (unpaired) electrons. The summed E-state index contributed by atoms with van der Waals surface area (Å²) in [6, 6.07) is 7.47. The normalized spacial score (nSPS) is 13.0. The SMILES string of the molecule is CCN(CC)CC(C)n1c(CCl)nc2ccccc2c1=O. The Morgan fingerprint density at radius 2 is 1.95 bits per heavy atom. The largest absolute Gasteiger partial charge is 0.302 e. The molecule has 1 aromatic carbocycles. The number of para-hydroxylation sites is 1. The Morgan fingerprint density at radius 3 is 2.57 bits per heavy atom. The van der Waals surface area contributed by atoms with E-state index in [-0.39, 0.29) is 17.5 Å². The Bertz CT molecular complexity index is 664. The van der Waals surface area contributed by atoms with Gasteiger partial charge in [-0.05, 0) is 32.1 Å². The minimum absolute atomic E-state index is 0.00379. The van der Waals surface area contributed by atoms with Crippen molar-refractivity contribution in [3.63, 3.8) is 0 Å². The average Bonchev–Trinajstić information content (AvgIpc) is 2.52. The Hall–Kier alpha value is -1.39. The van der Waals surface area contributed by atoms with Crippen molar-refractivity contribution in [1.29, 1.82) is 0 Å². The molecule has 0 amide bonds. The van der Waals surface area contributed by atoms with Crippen molar-refractivity contribution in [2.45, 2.75) is 32.7 Å². The third kappa shape index (κ3) is 3.27. The number of likely N-dealkylation sites (N-methyl/N-ethyl adjacent to an activating group) is 1. The van der Waals surface area contributed by atoms with Gasteiger partial charge in [-0.25, -0.2) is 4.98 Å². The lowest BCUT2D eigenvalue weighted by molar-refractivity contribution is 0.256. The van der Waals surface area contributed by atoms with E-state index in [2.05, 4.69) is 23.7 Å². The summed E-state index contributed by atoms with van der Waals surface area (Å²) in [6.45, 7) is 9.04. The zero-order valence-electron chi connectivity index (χ0n) is 12.8. The lowest BCUT2D eigenvalue weighted by Gasteiger charge is -2.25. The molecule has 0 aliphatic rings. The van der Waals surface area contributed by atoms with Crippen molar-refractivity contribution in [3.8, 4) is 0 Å². The van der Waals surface area contributed by atoms with E-state index >= 15 is 0 Å². The molecule has 1 aromatic heterocycles. The number of aromatic nitrogens is 2. The smallest absolute Gasteiger partial charge is 0.261 e. The van der Waals surface area contributed by atoms with Crippen molar-refractivity contribution in [3.05, 3.63) is 40.4 Å². The van der Waals surface area contributed by atoms with Crippen LogP contribution < -0.4 is 5.56 Å². The van der Waals surface area contributed by atoms with Gasteiger partial charge >= 0.3 is 0 Å². The number of benzene rings is 1. The zero-order valence-corrected chi connectivity index (χ0v) is 13.6. The number of fused-ring (bicyclic) bond motifs is 1. The van der Waals surface area contributed by atoms with Crippen molar-refractivity contribution in [2.75, 3.05) is 19.6 Å². The van der Waals surface area contributed by atoms with E-state index in [9.17, 15) is 4.79 Å². The van der Waals surface area contributed by atoms with Crippen molar-refractivity contribution < 1.29 is 0 Å². The van der Waals surface area contributed by atoms with Crippen LogP contribution in [0.25, 0.3) is 10.9 Å². The highest BCUT2D eigenvalue weighted by Gasteiger charge is 2.17. The van der Waals surface area contributed by atoms with Crippen LogP contribution in [0.5, 0.6) is 0 Å². The molecule has 2 aromatic rings. The van der Waals surface area contributed by atoms with Gasteiger partial charge in [0, 0.05) is 12.6 Å². The lowest BCUT2D eigenvalue weighted by Crippen LogP contribution is -2.35. The Kier molecular flexibility index (Phi) is 5.37. The molecule has 5 heteroatoms. The number of halogens is 1. The summed E-state index contributed by atoms with van der Waals surface area (Å²) in [6.07, 6.45) is 0. The monoisotopic (exact) mass is 307 g/mol. The van der Waals surface area contributed by atoms with E-state index in [1.165, 1.54) is 0 Å². The number of rotatable bonds is 6. The third-order valence-corrected chi connectivity index (χ3v) is 4.10. The van der Waals surface area contributed by atoms with E-state index < -0.39 is 0 Å². The van der Waals surface area contributed by atoms with Crippen molar-refractivity contribution in [2.24, 2.45) is 0 Å². The molecule has 0 saturated carbocycles. The summed E-state index contributed by atoms with van der Waals surface area (Å²) in [4.78, 5) is 19.6. The minimum Gasteiger partial charge on any atom is -0.302 e. The molecular formula is C16H22ClN3O. The van der Waals surface area contributed by atoms with Crippen LogP contribution in [0, 0.1) is 0 Å². The number of nitrogens with zero attached hydrogens (tertiary/aromatic N) is 3. The fourth-order valence-corrected chi connectivity index (χ4v) is 2.87. The molecule has 1 heterocycles. The second-order valence-corrected chi connectivity index (χ2v) is 5.46. The van der Waals surface area contributed by atoms with Gasteiger partial charge in [-0.2, -0.15) is 0 Å². The molecule has 21 heavy (non-hydrogen) atoms. The molecule has 0 fully saturated rings. The number of hydrogen-bond donors (Lipinski definition) is 0. The van der Waals surface area contributed by atoms with Crippen LogP contribution in [-0.2, 0) is 5.88 Å². The van der Waals surface area contributed by atoms with Crippen molar-refractivity contribution in [1.82, 2.24) is 14.5 Å². The predicted octanol–water partition coefficient (Wildman–Crippen LogP) is 3.04. The van der Waals surface area contributed by atoms with Crippen LogP contribution in [0.15, 0.2) is 29.1 Å². The van der Waals surface area contributed by atoms with Gasteiger partial charge < -0.3 is 4.90 Å². The molecule has 0 spiro atoms. The zero-order chi connectivity index (χ0) is 15.4. The quantitative estimate of drug-likeness (QED) is 0.770. The summed E-state index contributed by atoms with van der Waals surface area (Å²) in [5.74, 6) is 0.878. The highest BCUT2D eigenvalue weighted by Crippen LogP contribution is 2.14. The maximum atomic E-state index is 12.8. The van der Waals surface area contributed by atoms with Crippen LogP contribution in [0.3, 0.4) is 0 Å². The van der Waals surface area contributed by atoms with E-state index in [1.807, 2.05) is 31.2 Å². The van der Waals surface area contributed by atoms with E-state index in [1.54, 1.807) is 4.57 Å². The fraction of sp³-hybridized carbons (Fsp3) is 0.500. The van der Waals surface area contributed by atoms with Gasteiger partial charge in [0.2, 0.25) is 0 Å². The van der Waals surface area contributed by atoms with Crippen LogP contribution in [0.1, 0.15) is 32.6 Å². The maximum Gasteiger partial charge on any atom is 0.261 e. The molecule has 0 aliphatic carbocycles. The van der Waals surface area contributed by atoms with Crippen LogP contribution in [0.2, 0.25) is 0 Å². The topological polar surface area (TPSA) is 38.1 Å². The highest BCUT2D eigenvalue weighted by atomic mass is 35.5. The molecule has 2 rings (SSSR count). The van der Waals surface area contributed by atoms with E-state index in [4.69, 9.17) is 11.6 Å². The van der Waals surface area contributed by atoms with Gasteiger partial charge in [0.25, 0.3) is 5.56 Å². The molecule has 0 bridgehead atoms. The van der Waals surface area contributed by atoms with Crippen molar-refractivity contribution >= 4 is 22.5 Å². The Morgan fingerprint density at radius 1 is 1.29 bits per heavy atom. The first-order valence-electron chi connectivity index (χ1n) is 7.40. The maximum absolute atomic E-state index is 12.8. The second-order valence-electron chi connectivity index (χ2n) is 5.19. The average molecular weight is 308 g/mol. The van der Waals surface area contributed by atoms with Gasteiger partial charge in [0.05, 0.1) is 16.8 Å². The summed E-state index contributed by atoms with van der Waals surface area (Å²) in [7, 11) is 0. The molecule has 1 atom stereocenters. The number of hydrogen-bond acceptors (Lipinski definition) is 3. The van der Waals surface area contributed by atoms with Gasteiger partial charge in [-0.3, -0.25) is 9.36 Å². The summed E-state index contributed by atoms with van der Waals surface area (Å²) in [5, 5.41) is 0.651. The van der Waals surface area contributed by atoms with Gasteiger partial charge in [0.15, 0.2) is 0 Å². The first-order chi connectivity index (χ1) is 10.1. The Labute approximate surface area is 130 Å². The molecule has 0 aliphatic heterocycles. The van der Waals surface area contributed by atoms with Crippen LogP contribution >= 0.6 is 11.6 Å². The first kappa shape index (κ1) is 16.0. The van der Waals surface area contributed by atoms with Gasteiger partial charge in [0.1, 0.15) is 5.82 Å². The molecule has 114 valence electrons. The predicted molar refractivity (Wildman–Crippen MR) is 88.1 cm³/mol. The molecule has 0 saturated heterocycles. The Balaban J connectivity index is 2.51. The fourth-order valence-electron chi connectivity index (χ4n) is 2.68. The minimum atomic E-state index is -0.00379. The van der Waals surface area contributed by atoms with E-state index in [0.717, 1.165) is 19.6 Å². The molecule has 4 nitrogen and oxygen atoms in total. The van der Waals surface area contributed by atoms with Gasteiger partial charge in [-0.15, -0.1) is 11.6 Å². The van der Waals surface area contributed by atoms with Crippen LogP contribution in [-0.4, -0.2) is 34.1 Å². The number of alkyl halides is 1. The van der Waals surface area contributed by atoms with E-state index in [0.29, 0.717) is 16.7 Å². The summed E-state index contributed by atoms with van der Waals surface area (Å²) >= 11 is 6.02. The summed E-state index contributed by atoms with van der Waals surface area (Å²) in [5.41, 5.74) is 0.709. The first-order valence-corrected chi connectivity index (χ1v) is 7.94. The highest BCUT2D eigenvalue weighted by molar-refractivity contribution is 6.16. The molecule has 1 unspecified atom stereocenters. The summed E-state index contributed by atoms with van der Waals surface area (Å²) < 4.78 is 1.74.